The standard InChI is InChI=1S/C27H28N4/c1-2-9-23(10-3-1)20-30-17-8-11-22(15-18-30)19-27-29-25-13-4-5-14-26(25)31(27)21-24-12-6-7-16-28-24/h1-7,9-14,16H,8,15,17-21H2. The van der Waals surface area contributed by atoms with E-state index in [1.54, 1.807) is 0 Å². The van der Waals surface area contributed by atoms with Gasteiger partial charge in [0.25, 0.3) is 0 Å². The van der Waals surface area contributed by atoms with Crippen LogP contribution in [-0.2, 0) is 19.5 Å². The fourth-order valence-electron chi connectivity index (χ4n) is 4.42. The zero-order valence-corrected chi connectivity index (χ0v) is 17.8. The van der Waals surface area contributed by atoms with E-state index in [1.807, 2.05) is 12.3 Å². The average molecular weight is 409 g/mol. The van der Waals surface area contributed by atoms with Crippen LogP contribution in [-0.4, -0.2) is 32.5 Å². The molecule has 4 nitrogen and oxygen atoms in total. The molecule has 2 aromatic carbocycles. The summed E-state index contributed by atoms with van der Waals surface area (Å²) in [6, 6.07) is 25.3. The fraction of sp³-hybridized carbons (Fsp3) is 0.259. The lowest BCUT2D eigenvalue weighted by molar-refractivity contribution is 0.279. The highest BCUT2D eigenvalue weighted by Crippen LogP contribution is 2.22. The van der Waals surface area contributed by atoms with Crippen molar-refractivity contribution >= 4 is 11.0 Å². The third kappa shape index (κ3) is 4.75. The van der Waals surface area contributed by atoms with Gasteiger partial charge in [-0.3, -0.25) is 9.88 Å². The van der Waals surface area contributed by atoms with Crippen molar-refractivity contribution in [1.82, 2.24) is 19.4 Å². The lowest BCUT2D eigenvalue weighted by Gasteiger charge is -2.20. The summed E-state index contributed by atoms with van der Waals surface area (Å²) in [5.41, 5.74) is 6.20. The second-order valence-electron chi connectivity index (χ2n) is 8.26. The van der Waals surface area contributed by atoms with Crippen molar-refractivity contribution in [1.29, 1.82) is 0 Å². The predicted molar refractivity (Wildman–Crippen MR) is 126 cm³/mol. The zero-order chi connectivity index (χ0) is 20.9. The third-order valence-corrected chi connectivity index (χ3v) is 6.04. The first-order valence-electron chi connectivity index (χ1n) is 11.1. The molecule has 1 aliphatic heterocycles. The van der Waals surface area contributed by atoms with Crippen molar-refractivity contribution in [2.45, 2.75) is 32.4 Å². The monoisotopic (exact) mass is 408 g/mol. The molecule has 2 aromatic heterocycles. The SMILES string of the molecule is C1=C(Cc2nc3ccccc3n2Cc2ccccn2)CCN(Cc2ccccc2)CC1. The molecule has 0 unspecified atom stereocenters. The summed E-state index contributed by atoms with van der Waals surface area (Å²) in [6.07, 6.45) is 7.40. The highest BCUT2D eigenvalue weighted by molar-refractivity contribution is 5.76. The van der Waals surface area contributed by atoms with E-state index in [1.165, 1.54) is 16.7 Å². The van der Waals surface area contributed by atoms with Crippen molar-refractivity contribution in [2.75, 3.05) is 13.1 Å². The number of fused-ring (bicyclic) bond motifs is 1. The number of benzene rings is 2. The Bertz CT molecular complexity index is 1160. The number of hydrogen-bond donors (Lipinski definition) is 0. The smallest absolute Gasteiger partial charge is 0.114 e. The Morgan fingerprint density at radius 1 is 0.806 bits per heavy atom. The first-order valence-corrected chi connectivity index (χ1v) is 11.1. The molecule has 1 aliphatic rings. The van der Waals surface area contributed by atoms with Crippen LogP contribution in [0.25, 0.3) is 11.0 Å². The molecule has 0 atom stereocenters. The van der Waals surface area contributed by atoms with E-state index in [9.17, 15) is 0 Å². The summed E-state index contributed by atoms with van der Waals surface area (Å²) in [7, 11) is 0. The van der Waals surface area contributed by atoms with Gasteiger partial charge in [-0.25, -0.2) is 4.98 Å². The van der Waals surface area contributed by atoms with Crippen molar-refractivity contribution in [2.24, 2.45) is 0 Å². The molecule has 3 heterocycles. The third-order valence-electron chi connectivity index (χ3n) is 6.04. The Balaban J connectivity index is 1.33. The molecule has 0 N–H and O–H groups in total. The number of rotatable bonds is 6. The summed E-state index contributed by atoms with van der Waals surface area (Å²) < 4.78 is 2.34. The van der Waals surface area contributed by atoms with Crippen molar-refractivity contribution in [3.8, 4) is 0 Å². The van der Waals surface area contributed by atoms with Gasteiger partial charge >= 0.3 is 0 Å². The molecule has 4 heteroatoms. The summed E-state index contributed by atoms with van der Waals surface area (Å²) >= 11 is 0. The highest BCUT2D eigenvalue weighted by Gasteiger charge is 2.16. The second kappa shape index (κ2) is 9.27. The number of nitrogens with zero attached hydrogens (tertiary/aromatic N) is 4. The van der Waals surface area contributed by atoms with Gasteiger partial charge in [0.15, 0.2) is 0 Å². The molecule has 31 heavy (non-hydrogen) atoms. The summed E-state index contributed by atoms with van der Waals surface area (Å²) in [5.74, 6) is 1.13. The van der Waals surface area contributed by atoms with Gasteiger partial charge in [0.1, 0.15) is 5.82 Å². The lowest BCUT2D eigenvalue weighted by Crippen LogP contribution is -2.24. The summed E-state index contributed by atoms with van der Waals surface area (Å²) in [5, 5.41) is 0. The minimum absolute atomic E-state index is 0.754. The topological polar surface area (TPSA) is 34.0 Å². The number of imidazole rings is 1. The molecule has 0 spiro atoms. The minimum Gasteiger partial charge on any atom is -0.322 e. The molecule has 0 aliphatic carbocycles. The number of hydrogen-bond acceptors (Lipinski definition) is 3. The molecule has 0 fully saturated rings. The van der Waals surface area contributed by atoms with Gasteiger partial charge < -0.3 is 4.57 Å². The van der Waals surface area contributed by atoms with Crippen LogP contribution >= 0.6 is 0 Å². The maximum absolute atomic E-state index is 5.00. The maximum Gasteiger partial charge on any atom is 0.114 e. The van der Waals surface area contributed by atoms with Gasteiger partial charge in [-0.05, 0) is 42.7 Å². The average Bonchev–Trinajstić information content (AvgIpc) is 2.99. The van der Waals surface area contributed by atoms with Crippen LogP contribution in [0.1, 0.15) is 29.9 Å². The van der Waals surface area contributed by atoms with Gasteiger partial charge in [0.2, 0.25) is 0 Å². The zero-order valence-electron chi connectivity index (χ0n) is 17.8. The first kappa shape index (κ1) is 19.7. The highest BCUT2D eigenvalue weighted by atomic mass is 15.1. The normalized spacial score (nSPS) is 15.0. The number of aromatic nitrogens is 3. The Kier molecular flexibility index (Phi) is 5.90. The Morgan fingerprint density at radius 3 is 2.52 bits per heavy atom. The summed E-state index contributed by atoms with van der Waals surface area (Å²) in [4.78, 5) is 12.1. The molecule has 0 saturated heterocycles. The van der Waals surface area contributed by atoms with Crippen LogP contribution in [0.15, 0.2) is 90.6 Å². The van der Waals surface area contributed by atoms with E-state index in [2.05, 4.69) is 87.3 Å². The van der Waals surface area contributed by atoms with E-state index < -0.39 is 0 Å². The molecule has 0 amide bonds. The van der Waals surface area contributed by atoms with Gasteiger partial charge in [-0.15, -0.1) is 0 Å². The molecule has 4 aromatic rings. The van der Waals surface area contributed by atoms with Crippen LogP contribution in [0.3, 0.4) is 0 Å². The van der Waals surface area contributed by atoms with Crippen LogP contribution in [0, 0.1) is 0 Å². The largest absolute Gasteiger partial charge is 0.322 e. The number of pyridine rings is 1. The molecule has 156 valence electrons. The Morgan fingerprint density at radius 2 is 1.65 bits per heavy atom. The van der Waals surface area contributed by atoms with Gasteiger partial charge in [0, 0.05) is 32.3 Å². The lowest BCUT2D eigenvalue weighted by atomic mass is 10.1. The molecule has 0 bridgehead atoms. The first-order chi connectivity index (χ1) is 15.3. The van der Waals surface area contributed by atoms with E-state index in [-0.39, 0.29) is 0 Å². The Labute approximate surface area is 183 Å². The van der Waals surface area contributed by atoms with Crippen LogP contribution in [0.4, 0.5) is 0 Å². The van der Waals surface area contributed by atoms with Gasteiger partial charge in [0.05, 0.1) is 23.3 Å². The maximum atomic E-state index is 5.00. The molecule has 5 rings (SSSR count). The molecule has 0 radical (unpaired) electrons. The quantitative estimate of drug-likeness (QED) is 0.409. The van der Waals surface area contributed by atoms with E-state index in [4.69, 9.17) is 4.98 Å². The molecular weight excluding hydrogens is 380 g/mol. The van der Waals surface area contributed by atoms with E-state index in [0.29, 0.717) is 0 Å². The van der Waals surface area contributed by atoms with Crippen molar-refractivity contribution in [3.63, 3.8) is 0 Å². The van der Waals surface area contributed by atoms with Crippen molar-refractivity contribution in [3.05, 3.63) is 108 Å². The van der Waals surface area contributed by atoms with E-state index in [0.717, 1.165) is 62.5 Å². The fourth-order valence-corrected chi connectivity index (χ4v) is 4.42. The Hall–Kier alpha value is -3.24. The number of para-hydroxylation sites is 2. The van der Waals surface area contributed by atoms with Gasteiger partial charge in [-0.1, -0.05) is 60.2 Å². The second-order valence-corrected chi connectivity index (χ2v) is 8.26. The van der Waals surface area contributed by atoms with Gasteiger partial charge in [-0.2, -0.15) is 0 Å². The predicted octanol–water partition coefficient (Wildman–Crippen LogP) is 5.24. The minimum atomic E-state index is 0.754. The van der Waals surface area contributed by atoms with Crippen LogP contribution in [0.2, 0.25) is 0 Å². The van der Waals surface area contributed by atoms with Crippen molar-refractivity contribution < 1.29 is 0 Å². The summed E-state index contributed by atoms with van der Waals surface area (Å²) in [6.45, 7) is 3.99. The van der Waals surface area contributed by atoms with E-state index >= 15 is 0 Å². The molecular formula is C27H28N4. The van der Waals surface area contributed by atoms with Crippen LogP contribution < -0.4 is 0 Å². The van der Waals surface area contributed by atoms with Crippen LogP contribution in [0.5, 0.6) is 0 Å². The molecule has 0 saturated carbocycles.